The van der Waals surface area contributed by atoms with E-state index < -0.39 is 0 Å². The van der Waals surface area contributed by atoms with Gasteiger partial charge in [-0.1, -0.05) is 152 Å². The molecule has 0 saturated carbocycles. The molecule has 3 heteroatoms. The van der Waals surface area contributed by atoms with Crippen molar-refractivity contribution in [3.05, 3.63) is 237 Å². The minimum absolute atomic E-state index is 0.330. The molecule has 11 rings (SSSR count). The van der Waals surface area contributed by atoms with Crippen molar-refractivity contribution in [3.8, 4) is 6.07 Å². The second-order valence-corrected chi connectivity index (χ2v) is 17.7. The number of aryl methyl sites for hydroxylation is 2. The monoisotopic (exact) mass is 825 g/mol. The Hall–Kier alpha value is -7.41. The Morgan fingerprint density at radius 3 is 1.86 bits per heavy atom. The minimum atomic E-state index is 0.330. The van der Waals surface area contributed by atoms with Gasteiger partial charge in [-0.3, -0.25) is 0 Å². The van der Waals surface area contributed by atoms with Crippen LogP contribution in [-0.4, -0.2) is 0 Å². The van der Waals surface area contributed by atoms with Gasteiger partial charge in [0.1, 0.15) is 6.07 Å². The molecule has 2 aliphatic carbocycles. The van der Waals surface area contributed by atoms with Crippen LogP contribution in [-0.2, 0) is 25.7 Å². The van der Waals surface area contributed by atoms with Gasteiger partial charge in [-0.05, 0) is 161 Å². The molecule has 0 N–H and O–H groups in total. The van der Waals surface area contributed by atoms with Gasteiger partial charge in [0.05, 0.1) is 17.6 Å². The Morgan fingerprint density at radius 2 is 1.11 bits per heavy atom. The molecule has 3 nitrogen and oxygen atoms in total. The summed E-state index contributed by atoms with van der Waals surface area (Å²) in [5, 5.41) is 12.4. The van der Waals surface area contributed by atoms with Crippen molar-refractivity contribution in [3.63, 3.8) is 0 Å². The van der Waals surface area contributed by atoms with Gasteiger partial charge in [0.2, 0.25) is 0 Å². The van der Waals surface area contributed by atoms with Crippen molar-refractivity contribution in [2.24, 2.45) is 0 Å². The summed E-state index contributed by atoms with van der Waals surface area (Å²) >= 11 is 0. The van der Waals surface area contributed by atoms with Gasteiger partial charge in [-0.15, -0.1) is 0 Å². The molecule has 0 aromatic heterocycles. The average molecular weight is 826 g/mol. The van der Waals surface area contributed by atoms with E-state index in [1.165, 1.54) is 83.4 Å². The van der Waals surface area contributed by atoms with Crippen LogP contribution in [0.4, 0.5) is 22.7 Å². The van der Waals surface area contributed by atoms with Crippen LogP contribution in [0.2, 0.25) is 0 Å². The number of hydrogen-bond acceptors (Lipinski definition) is 3. The topological polar surface area (TPSA) is 30.0 Å². The third kappa shape index (κ3) is 7.71. The van der Waals surface area contributed by atoms with E-state index in [1.54, 1.807) is 5.56 Å². The van der Waals surface area contributed by atoms with Crippen LogP contribution in [0.3, 0.4) is 0 Å². The predicted molar refractivity (Wildman–Crippen MR) is 268 cm³/mol. The number of nitriles is 1. The summed E-state index contributed by atoms with van der Waals surface area (Å²) in [6, 6.07) is 67.1. The molecule has 1 heterocycles. The fourth-order valence-electron chi connectivity index (χ4n) is 10.5. The van der Waals surface area contributed by atoms with E-state index >= 15 is 0 Å². The van der Waals surface area contributed by atoms with E-state index in [9.17, 15) is 5.26 Å². The lowest BCUT2D eigenvalue weighted by Gasteiger charge is -2.30. The summed E-state index contributed by atoms with van der Waals surface area (Å²) in [5.41, 5.74) is 18.8. The molecule has 0 bridgehead atoms. The molecule has 0 spiro atoms. The normalized spacial score (nSPS) is 16.7. The van der Waals surface area contributed by atoms with Gasteiger partial charge in [0, 0.05) is 28.1 Å². The maximum Gasteiger partial charge on any atom is 0.100 e. The molecule has 2 unspecified atom stereocenters. The molecule has 64 heavy (non-hydrogen) atoms. The smallest absolute Gasteiger partial charge is 0.100 e. The van der Waals surface area contributed by atoms with E-state index in [2.05, 4.69) is 216 Å². The van der Waals surface area contributed by atoms with Crippen LogP contribution < -0.4 is 9.80 Å². The van der Waals surface area contributed by atoms with Crippen LogP contribution in [0.15, 0.2) is 176 Å². The first kappa shape index (κ1) is 39.4. The lowest BCUT2D eigenvalue weighted by atomic mass is 9.86. The van der Waals surface area contributed by atoms with Crippen molar-refractivity contribution < 1.29 is 0 Å². The third-order valence-corrected chi connectivity index (χ3v) is 13.8. The SMILES string of the molecule is N#Cc1c(/C=C/c2ccc(N3C(c4ccccc4)C3c3cccc4c3CCCC4)cc2)ccc2cc(/C=C/c3ccc(N(c4ccccc4)c4cccc5c4CCCC5)cc3)ccc12. The first-order chi connectivity index (χ1) is 31.7. The third-order valence-electron chi connectivity index (χ3n) is 13.8. The molecular weight excluding hydrogens is 775 g/mol. The summed E-state index contributed by atoms with van der Waals surface area (Å²) in [7, 11) is 0. The van der Waals surface area contributed by atoms with E-state index in [0.29, 0.717) is 17.6 Å². The van der Waals surface area contributed by atoms with Crippen molar-refractivity contribution in [1.29, 1.82) is 5.26 Å². The first-order valence-corrected chi connectivity index (χ1v) is 23.1. The fraction of sp³-hybridized carbons (Fsp3) is 0.164. The highest BCUT2D eigenvalue weighted by Gasteiger charge is 2.50. The zero-order chi connectivity index (χ0) is 42.8. The van der Waals surface area contributed by atoms with E-state index in [-0.39, 0.29) is 0 Å². The molecule has 1 fully saturated rings. The van der Waals surface area contributed by atoms with Gasteiger partial charge in [0.25, 0.3) is 0 Å². The molecule has 0 amide bonds. The van der Waals surface area contributed by atoms with Gasteiger partial charge in [-0.25, -0.2) is 0 Å². The van der Waals surface area contributed by atoms with Crippen molar-refractivity contribution >= 4 is 57.8 Å². The van der Waals surface area contributed by atoms with Crippen LogP contribution >= 0.6 is 0 Å². The molecule has 8 aromatic carbocycles. The Kier molecular flexibility index (Phi) is 10.7. The Morgan fingerprint density at radius 1 is 0.500 bits per heavy atom. The molecule has 1 aliphatic heterocycles. The van der Waals surface area contributed by atoms with E-state index in [0.717, 1.165) is 51.6 Å². The van der Waals surface area contributed by atoms with Crippen molar-refractivity contribution in [1.82, 2.24) is 0 Å². The predicted octanol–water partition coefficient (Wildman–Crippen LogP) is 15.6. The highest BCUT2D eigenvalue weighted by Crippen LogP contribution is 2.58. The highest BCUT2D eigenvalue weighted by molar-refractivity contribution is 5.94. The number of para-hydroxylation sites is 1. The lowest BCUT2D eigenvalue weighted by molar-refractivity contribution is 0.677. The van der Waals surface area contributed by atoms with E-state index in [1.807, 2.05) is 0 Å². The first-order valence-electron chi connectivity index (χ1n) is 23.1. The Bertz CT molecular complexity index is 3060. The van der Waals surface area contributed by atoms with E-state index in [4.69, 9.17) is 0 Å². The van der Waals surface area contributed by atoms with Crippen LogP contribution in [0, 0.1) is 11.3 Å². The van der Waals surface area contributed by atoms with Crippen LogP contribution in [0.5, 0.6) is 0 Å². The standard InChI is InChI=1S/C61H51N3/c62-42-58-48(33-27-44-30-38-53(39-31-44)64-60(49-15-3-1-4-16-49)61(64)57-23-11-17-46-13-7-9-21-54(46)57)34-35-50-41-45(32-40-55(50)58)26-25-43-28-36-52(37-29-43)63(51-19-5-2-6-20-51)59-24-12-18-47-14-8-10-22-56(47)59/h1-6,11-12,15-20,23-41,60-61H,7-10,13-14,21-22H2/b26-25+,33-27+. The second kappa shape index (κ2) is 17.4. The zero-order valence-electron chi connectivity index (χ0n) is 36.2. The Labute approximate surface area is 377 Å². The number of anilines is 4. The molecular formula is C61H51N3. The number of hydrogen-bond donors (Lipinski definition) is 0. The van der Waals surface area contributed by atoms with Gasteiger partial charge in [0.15, 0.2) is 0 Å². The molecule has 1 saturated heterocycles. The fourth-order valence-corrected chi connectivity index (χ4v) is 10.5. The minimum Gasteiger partial charge on any atom is -0.353 e. The summed E-state index contributed by atoms with van der Waals surface area (Å²) in [4.78, 5) is 4.99. The molecule has 2 atom stereocenters. The number of benzene rings is 8. The van der Waals surface area contributed by atoms with Crippen LogP contribution in [0.1, 0.15) is 99.0 Å². The quantitative estimate of drug-likeness (QED) is 0.102. The number of rotatable bonds is 10. The number of fused-ring (bicyclic) bond motifs is 3. The maximum absolute atomic E-state index is 10.4. The van der Waals surface area contributed by atoms with Gasteiger partial charge >= 0.3 is 0 Å². The van der Waals surface area contributed by atoms with Crippen molar-refractivity contribution in [2.45, 2.75) is 63.5 Å². The Balaban J connectivity index is 0.804. The summed E-state index contributed by atoms with van der Waals surface area (Å²) in [6.45, 7) is 0. The average Bonchev–Trinajstić information content (AvgIpc) is 4.11. The summed E-state index contributed by atoms with van der Waals surface area (Å²) in [6.07, 6.45) is 18.3. The molecule has 310 valence electrons. The lowest BCUT2D eigenvalue weighted by Crippen LogP contribution is -2.15. The van der Waals surface area contributed by atoms with Crippen molar-refractivity contribution in [2.75, 3.05) is 9.80 Å². The molecule has 0 radical (unpaired) electrons. The van der Waals surface area contributed by atoms with Gasteiger partial charge in [-0.2, -0.15) is 5.26 Å². The largest absolute Gasteiger partial charge is 0.353 e. The second-order valence-electron chi connectivity index (χ2n) is 17.7. The maximum atomic E-state index is 10.4. The summed E-state index contributed by atoms with van der Waals surface area (Å²) in [5.74, 6) is 0. The number of nitrogens with zero attached hydrogens (tertiary/aromatic N) is 3. The highest BCUT2D eigenvalue weighted by atomic mass is 15.4. The molecule has 8 aromatic rings. The zero-order valence-corrected chi connectivity index (χ0v) is 36.2. The summed E-state index contributed by atoms with van der Waals surface area (Å²) < 4.78 is 0. The van der Waals surface area contributed by atoms with Crippen LogP contribution in [0.25, 0.3) is 35.1 Å². The molecule has 3 aliphatic rings. The van der Waals surface area contributed by atoms with Gasteiger partial charge < -0.3 is 9.80 Å².